The van der Waals surface area contributed by atoms with Crippen molar-refractivity contribution < 1.29 is 4.79 Å². The summed E-state index contributed by atoms with van der Waals surface area (Å²) >= 11 is 0. The first-order valence-electron chi connectivity index (χ1n) is 8.75. The zero-order valence-electron chi connectivity index (χ0n) is 14.0. The van der Waals surface area contributed by atoms with E-state index in [1.807, 2.05) is 6.08 Å². The summed E-state index contributed by atoms with van der Waals surface area (Å²) in [7, 11) is 0. The van der Waals surface area contributed by atoms with Crippen molar-refractivity contribution in [2.45, 2.75) is 70.8 Å². The molecule has 0 radical (unpaired) electrons. The lowest BCUT2D eigenvalue weighted by Crippen LogP contribution is -2.37. The standard InChI is InChI=1S/C20H31NO/c1-2-3-4-5-6-7-8-9-10-11-12-13-14-16-19-17-15-18-20(22)21-19/h6-7,9-10,12-14,16,19H,2-5,8,11,15,17-18H2,1H3,(H,21,22)/b7-6-,10-9-,13-12-,16-14+. The third kappa shape index (κ3) is 10.2. The molecule has 22 heavy (non-hydrogen) atoms. The van der Waals surface area contributed by atoms with Crippen molar-refractivity contribution >= 4 is 5.91 Å². The molecule has 1 unspecified atom stereocenters. The first-order valence-corrected chi connectivity index (χ1v) is 8.75. The number of allylic oxidation sites excluding steroid dienone is 7. The Kier molecular flexibility index (Phi) is 11.0. The van der Waals surface area contributed by atoms with Gasteiger partial charge in [0.2, 0.25) is 5.91 Å². The van der Waals surface area contributed by atoms with Crippen LogP contribution in [0.2, 0.25) is 0 Å². The average Bonchev–Trinajstić information content (AvgIpc) is 2.52. The van der Waals surface area contributed by atoms with Crippen LogP contribution in [-0.2, 0) is 4.79 Å². The van der Waals surface area contributed by atoms with E-state index in [2.05, 4.69) is 54.8 Å². The van der Waals surface area contributed by atoms with E-state index in [-0.39, 0.29) is 11.9 Å². The fraction of sp³-hybridized carbons (Fsp3) is 0.550. The van der Waals surface area contributed by atoms with Gasteiger partial charge in [-0.2, -0.15) is 0 Å². The fourth-order valence-corrected chi connectivity index (χ4v) is 2.41. The molecule has 0 aliphatic carbocycles. The molecule has 0 saturated carbocycles. The molecule has 1 heterocycles. The maximum atomic E-state index is 11.2. The van der Waals surface area contributed by atoms with Crippen LogP contribution in [0, 0.1) is 0 Å². The molecule has 1 atom stereocenters. The summed E-state index contributed by atoms with van der Waals surface area (Å²) in [4.78, 5) is 11.2. The first kappa shape index (κ1) is 18.5. The molecule has 1 N–H and O–H groups in total. The van der Waals surface area contributed by atoms with Gasteiger partial charge < -0.3 is 5.32 Å². The molecule has 0 aromatic carbocycles. The second-order valence-corrected chi connectivity index (χ2v) is 5.79. The summed E-state index contributed by atoms with van der Waals surface area (Å²) in [6.07, 6.45) is 27.2. The van der Waals surface area contributed by atoms with Crippen LogP contribution in [0.25, 0.3) is 0 Å². The summed E-state index contributed by atoms with van der Waals surface area (Å²) < 4.78 is 0. The highest BCUT2D eigenvalue weighted by atomic mass is 16.1. The van der Waals surface area contributed by atoms with Crippen LogP contribution >= 0.6 is 0 Å². The molecule has 1 rings (SSSR count). The Morgan fingerprint density at radius 1 is 1.05 bits per heavy atom. The molecule has 2 heteroatoms. The normalized spacial score (nSPS) is 19.9. The Morgan fingerprint density at radius 2 is 1.82 bits per heavy atom. The molecule has 0 bridgehead atoms. The quantitative estimate of drug-likeness (QED) is 0.334. The van der Waals surface area contributed by atoms with Crippen molar-refractivity contribution in [1.29, 1.82) is 0 Å². The van der Waals surface area contributed by atoms with Crippen LogP contribution in [-0.4, -0.2) is 11.9 Å². The van der Waals surface area contributed by atoms with Gasteiger partial charge in [-0.25, -0.2) is 0 Å². The average molecular weight is 301 g/mol. The van der Waals surface area contributed by atoms with Crippen LogP contribution in [0.5, 0.6) is 0 Å². The Labute approximate surface area is 136 Å². The van der Waals surface area contributed by atoms with E-state index in [0.717, 1.165) is 25.7 Å². The summed E-state index contributed by atoms with van der Waals surface area (Å²) in [6.45, 7) is 2.24. The van der Waals surface area contributed by atoms with Crippen molar-refractivity contribution in [3.05, 3.63) is 48.6 Å². The van der Waals surface area contributed by atoms with Crippen LogP contribution in [0.4, 0.5) is 0 Å². The molecule has 0 aromatic rings. The predicted octanol–water partition coefficient (Wildman–Crippen LogP) is 5.24. The van der Waals surface area contributed by atoms with E-state index in [1.165, 1.54) is 25.7 Å². The molecule has 0 spiro atoms. The topological polar surface area (TPSA) is 29.1 Å². The van der Waals surface area contributed by atoms with Gasteiger partial charge in [0.15, 0.2) is 0 Å². The van der Waals surface area contributed by atoms with Gasteiger partial charge in [0.1, 0.15) is 0 Å². The Balaban J connectivity index is 2.03. The monoisotopic (exact) mass is 301 g/mol. The minimum absolute atomic E-state index is 0.176. The molecular formula is C20H31NO. The van der Waals surface area contributed by atoms with Crippen molar-refractivity contribution in [2.75, 3.05) is 0 Å². The smallest absolute Gasteiger partial charge is 0.220 e. The molecule has 1 aliphatic heterocycles. The van der Waals surface area contributed by atoms with Gasteiger partial charge >= 0.3 is 0 Å². The number of nitrogens with one attached hydrogen (secondary N) is 1. The first-order chi connectivity index (χ1) is 10.8. The van der Waals surface area contributed by atoms with Crippen LogP contribution in [0.3, 0.4) is 0 Å². The number of amides is 1. The van der Waals surface area contributed by atoms with Crippen LogP contribution < -0.4 is 5.32 Å². The largest absolute Gasteiger partial charge is 0.350 e. The molecule has 1 aliphatic rings. The second kappa shape index (κ2) is 13.1. The zero-order chi connectivity index (χ0) is 15.9. The lowest BCUT2D eigenvalue weighted by Gasteiger charge is -2.19. The third-order valence-electron chi connectivity index (χ3n) is 3.71. The molecule has 1 amide bonds. The molecule has 1 fully saturated rings. The SMILES string of the molecule is CCCCC/C=C\C/C=C\C/C=C\C=C\C1CCCC(=O)N1. The van der Waals surface area contributed by atoms with Gasteiger partial charge in [-0.3, -0.25) is 4.79 Å². The highest BCUT2D eigenvalue weighted by Gasteiger charge is 2.14. The third-order valence-corrected chi connectivity index (χ3v) is 3.71. The second-order valence-electron chi connectivity index (χ2n) is 5.79. The summed E-state index contributed by atoms with van der Waals surface area (Å²) in [5.74, 6) is 0.176. The number of unbranched alkanes of at least 4 members (excludes halogenated alkanes) is 3. The van der Waals surface area contributed by atoms with Crippen LogP contribution in [0.1, 0.15) is 64.7 Å². The number of rotatable bonds is 10. The van der Waals surface area contributed by atoms with Crippen LogP contribution in [0.15, 0.2) is 48.6 Å². The Bertz CT molecular complexity index is 404. The maximum Gasteiger partial charge on any atom is 0.220 e. The molecule has 0 aromatic heterocycles. The molecule has 122 valence electrons. The van der Waals surface area contributed by atoms with Crippen molar-refractivity contribution in [3.8, 4) is 0 Å². The number of carbonyl (C=O) groups is 1. The predicted molar refractivity (Wildman–Crippen MR) is 95.7 cm³/mol. The highest BCUT2D eigenvalue weighted by molar-refractivity contribution is 5.77. The lowest BCUT2D eigenvalue weighted by atomic mass is 10.0. The number of piperidine rings is 1. The number of carbonyl (C=O) groups excluding carboxylic acids is 1. The van der Waals surface area contributed by atoms with E-state index >= 15 is 0 Å². The molecule has 1 saturated heterocycles. The minimum Gasteiger partial charge on any atom is -0.350 e. The number of hydrogen-bond donors (Lipinski definition) is 1. The fourth-order valence-electron chi connectivity index (χ4n) is 2.41. The van der Waals surface area contributed by atoms with Crippen molar-refractivity contribution in [1.82, 2.24) is 5.32 Å². The summed E-state index contributed by atoms with van der Waals surface area (Å²) in [6, 6.07) is 0.222. The van der Waals surface area contributed by atoms with E-state index in [0.29, 0.717) is 6.42 Å². The summed E-state index contributed by atoms with van der Waals surface area (Å²) in [5.41, 5.74) is 0. The summed E-state index contributed by atoms with van der Waals surface area (Å²) in [5, 5.41) is 2.98. The Morgan fingerprint density at radius 3 is 2.59 bits per heavy atom. The van der Waals surface area contributed by atoms with E-state index in [9.17, 15) is 4.79 Å². The molecular weight excluding hydrogens is 270 g/mol. The minimum atomic E-state index is 0.176. The lowest BCUT2D eigenvalue weighted by molar-refractivity contribution is -0.122. The van der Waals surface area contributed by atoms with E-state index < -0.39 is 0 Å². The van der Waals surface area contributed by atoms with Gasteiger partial charge in [-0.05, 0) is 38.5 Å². The maximum absolute atomic E-state index is 11.2. The van der Waals surface area contributed by atoms with Crippen molar-refractivity contribution in [3.63, 3.8) is 0 Å². The zero-order valence-corrected chi connectivity index (χ0v) is 14.0. The van der Waals surface area contributed by atoms with Gasteiger partial charge in [0.05, 0.1) is 0 Å². The highest BCUT2D eigenvalue weighted by Crippen LogP contribution is 2.09. The molecule has 2 nitrogen and oxygen atoms in total. The van der Waals surface area contributed by atoms with Gasteiger partial charge in [-0.15, -0.1) is 0 Å². The number of hydrogen-bond acceptors (Lipinski definition) is 1. The van der Waals surface area contributed by atoms with Gasteiger partial charge in [-0.1, -0.05) is 68.4 Å². The Hall–Kier alpha value is -1.57. The van der Waals surface area contributed by atoms with Gasteiger partial charge in [0.25, 0.3) is 0 Å². The van der Waals surface area contributed by atoms with E-state index in [1.54, 1.807) is 0 Å². The van der Waals surface area contributed by atoms with E-state index in [4.69, 9.17) is 0 Å². The van der Waals surface area contributed by atoms with Crippen molar-refractivity contribution in [2.24, 2.45) is 0 Å². The van der Waals surface area contributed by atoms with Gasteiger partial charge in [0, 0.05) is 12.5 Å².